The molecule has 2 aromatic carbocycles. The van der Waals surface area contributed by atoms with Crippen molar-refractivity contribution in [2.75, 3.05) is 39.3 Å². The Balaban J connectivity index is 1.38. The number of aliphatic hydroxyl groups excluding tert-OH is 2. The number of amides is 2. The lowest BCUT2D eigenvalue weighted by atomic mass is 9.45. The molecule has 6 rings (SSSR count). The van der Waals surface area contributed by atoms with Crippen LogP contribution in [-0.4, -0.2) is 91.8 Å². The first-order valence-corrected chi connectivity index (χ1v) is 18.4. The molecule has 50 heavy (non-hydrogen) atoms. The molecular weight excluding hydrogens is 632 g/mol. The quantitative estimate of drug-likeness (QED) is 0.221. The Labute approximate surface area is 298 Å². The van der Waals surface area contributed by atoms with Crippen LogP contribution in [0.3, 0.4) is 0 Å². The molecule has 2 amide bonds. The van der Waals surface area contributed by atoms with E-state index in [1.165, 1.54) is 6.42 Å². The molecule has 0 radical (unpaired) electrons. The third-order valence-corrected chi connectivity index (χ3v) is 11.8. The zero-order chi connectivity index (χ0) is 36.5. The molecule has 2 aromatic rings. The Hall–Kier alpha value is -3.02. The van der Waals surface area contributed by atoms with Crippen molar-refractivity contribution in [3.63, 3.8) is 0 Å². The van der Waals surface area contributed by atoms with Gasteiger partial charge < -0.3 is 30.5 Å². The molecule has 3 aliphatic carbocycles. The molecule has 1 heterocycles. The van der Waals surface area contributed by atoms with Crippen LogP contribution in [0.4, 0.5) is 5.69 Å². The molecule has 0 unspecified atom stereocenters. The van der Waals surface area contributed by atoms with E-state index in [2.05, 4.69) is 51.3 Å². The maximum atomic E-state index is 14.1. The van der Waals surface area contributed by atoms with Gasteiger partial charge in [-0.1, -0.05) is 52.8 Å². The van der Waals surface area contributed by atoms with Crippen LogP contribution >= 0.6 is 0 Å². The monoisotopic (exact) mass is 692 g/mol. The Bertz CT molecular complexity index is 1490. The highest BCUT2D eigenvalue weighted by atomic mass is 16.7. The summed E-state index contributed by atoms with van der Waals surface area (Å²) in [5.41, 5.74) is 4.46. The third kappa shape index (κ3) is 8.05. The smallest absolute Gasteiger partial charge is 0.251 e. The minimum Gasteiger partial charge on any atom is -0.394 e. The maximum Gasteiger partial charge on any atom is 0.251 e. The summed E-state index contributed by atoms with van der Waals surface area (Å²) in [6.07, 6.45) is 1.41. The maximum absolute atomic E-state index is 14.1. The average Bonchev–Trinajstić information content (AvgIpc) is 3.43. The number of fused-ring (bicyclic) bond motifs is 2. The summed E-state index contributed by atoms with van der Waals surface area (Å²) in [6, 6.07) is 13.1. The van der Waals surface area contributed by atoms with Crippen molar-refractivity contribution in [1.82, 2.24) is 15.7 Å². The normalized spacial score (nSPS) is 28.5. The van der Waals surface area contributed by atoms with E-state index in [1.807, 2.05) is 55.4 Å². The summed E-state index contributed by atoms with van der Waals surface area (Å²) in [5, 5.41) is 29.3. The molecule has 4 N–H and O–H groups in total. The van der Waals surface area contributed by atoms with Crippen LogP contribution in [0.2, 0.25) is 0 Å². The number of rotatable bonds is 14. The number of anilines is 1. The van der Waals surface area contributed by atoms with Gasteiger partial charge in [-0.3, -0.25) is 14.4 Å². The highest BCUT2D eigenvalue weighted by Crippen LogP contribution is 2.61. The van der Waals surface area contributed by atoms with E-state index in [9.17, 15) is 19.8 Å². The lowest BCUT2D eigenvalue weighted by Gasteiger charge is -2.62. The minimum absolute atomic E-state index is 0.0674. The molecule has 4 aliphatic rings. The predicted octanol–water partition coefficient (Wildman–Crippen LogP) is 4.87. The first-order chi connectivity index (χ1) is 23.6. The SMILES string of the molecule is COC[C@H](CC(C)C)NC(=O)c1cc(-c2cccc(CN3O[C@@H](CO)[C@@H]([C@H](C)O)[C@H]3C(=O)N[C@H]3C[C@H]4C[C@H]([C@@H]3C)C4(C)C)c2)cc(N(C)C)c1. The highest BCUT2D eigenvalue weighted by molar-refractivity contribution is 5.97. The van der Waals surface area contributed by atoms with E-state index in [-0.39, 0.29) is 37.0 Å². The van der Waals surface area contributed by atoms with Gasteiger partial charge in [0.25, 0.3) is 5.91 Å². The summed E-state index contributed by atoms with van der Waals surface area (Å²) >= 11 is 0. The topological polar surface area (TPSA) is 124 Å². The molecule has 276 valence electrons. The zero-order valence-electron chi connectivity index (χ0n) is 31.5. The number of nitrogens with one attached hydrogen (secondary N) is 2. The summed E-state index contributed by atoms with van der Waals surface area (Å²) in [7, 11) is 5.55. The number of carbonyl (C=O) groups excluding carboxylic acids is 2. The lowest BCUT2D eigenvalue weighted by molar-refractivity contribution is -0.183. The second kappa shape index (κ2) is 15.7. The van der Waals surface area contributed by atoms with Crippen molar-refractivity contribution < 1.29 is 29.4 Å². The highest BCUT2D eigenvalue weighted by Gasteiger charge is 2.57. The van der Waals surface area contributed by atoms with Gasteiger partial charge in [-0.2, -0.15) is 5.06 Å². The Morgan fingerprint density at radius 2 is 1.84 bits per heavy atom. The van der Waals surface area contributed by atoms with E-state index >= 15 is 0 Å². The van der Waals surface area contributed by atoms with Gasteiger partial charge in [0.2, 0.25) is 5.91 Å². The minimum atomic E-state index is -0.863. The fraction of sp³-hybridized carbons (Fsp3) is 0.650. The van der Waals surface area contributed by atoms with Gasteiger partial charge in [0.05, 0.1) is 31.9 Å². The summed E-state index contributed by atoms with van der Waals surface area (Å²) in [6.45, 7) is 13.3. The summed E-state index contributed by atoms with van der Waals surface area (Å²) in [5.74, 6) is 1.02. The van der Waals surface area contributed by atoms with Crippen LogP contribution in [0.1, 0.15) is 76.7 Å². The molecule has 1 saturated heterocycles. The molecule has 9 atom stereocenters. The molecule has 3 saturated carbocycles. The molecule has 10 nitrogen and oxygen atoms in total. The average molecular weight is 693 g/mol. The fourth-order valence-electron chi connectivity index (χ4n) is 8.89. The van der Waals surface area contributed by atoms with Gasteiger partial charge in [-0.25, -0.2) is 0 Å². The molecule has 4 fully saturated rings. The van der Waals surface area contributed by atoms with E-state index in [0.717, 1.165) is 35.2 Å². The lowest BCUT2D eigenvalue weighted by Crippen LogP contribution is -2.62. The Morgan fingerprint density at radius 1 is 1.10 bits per heavy atom. The zero-order valence-corrected chi connectivity index (χ0v) is 31.5. The number of hydrogen-bond donors (Lipinski definition) is 4. The second-order valence-electron chi connectivity index (χ2n) is 16.4. The number of ether oxygens (including phenoxy) is 1. The van der Waals surface area contributed by atoms with Gasteiger partial charge in [0, 0.05) is 44.4 Å². The van der Waals surface area contributed by atoms with Crippen LogP contribution in [0, 0.1) is 35.0 Å². The first kappa shape index (κ1) is 38.2. The van der Waals surface area contributed by atoms with Crippen molar-refractivity contribution >= 4 is 17.5 Å². The van der Waals surface area contributed by atoms with Crippen LogP contribution in [0.15, 0.2) is 42.5 Å². The van der Waals surface area contributed by atoms with Crippen molar-refractivity contribution in [2.24, 2.45) is 35.0 Å². The van der Waals surface area contributed by atoms with E-state index in [1.54, 1.807) is 19.1 Å². The van der Waals surface area contributed by atoms with Crippen LogP contribution < -0.4 is 15.5 Å². The number of aliphatic hydroxyl groups is 2. The molecular formula is C40H60N4O6. The van der Waals surface area contributed by atoms with Crippen molar-refractivity contribution in [3.05, 3.63) is 53.6 Å². The number of carbonyl (C=O) groups is 2. The largest absolute Gasteiger partial charge is 0.394 e. The Kier molecular flexibility index (Phi) is 12.0. The van der Waals surface area contributed by atoms with Crippen LogP contribution in [0.25, 0.3) is 11.1 Å². The van der Waals surface area contributed by atoms with Crippen LogP contribution in [0.5, 0.6) is 0 Å². The van der Waals surface area contributed by atoms with Crippen molar-refractivity contribution in [1.29, 1.82) is 0 Å². The first-order valence-electron chi connectivity index (χ1n) is 18.4. The standard InChI is InChI=1S/C40H60N4O6/c1-23(2)13-31(22-49-9)41-38(47)29-15-28(16-32(17-29)43(7)8)27-12-10-11-26(14-27)20-44-37(36(25(4)46)35(21-45)50-44)39(48)42-34-19-30-18-33(24(34)3)40(30,5)6/h10-12,14-17,23-25,30-31,33-37,45-46H,13,18-22H2,1-9H3,(H,41,47)(H,42,48)/t24-,25-,30+,31-,33+,34-,35-,36+,37-/m0/s1. The number of benzene rings is 2. The molecule has 0 aromatic heterocycles. The fourth-order valence-corrected chi connectivity index (χ4v) is 8.89. The summed E-state index contributed by atoms with van der Waals surface area (Å²) < 4.78 is 5.39. The summed E-state index contributed by atoms with van der Waals surface area (Å²) in [4.78, 5) is 35.9. The Morgan fingerprint density at radius 3 is 2.44 bits per heavy atom. The molecule has 2 bridgehead atoms. The van der Waals surface area contributed by atoms with E-state index < -0.39 is 24.2 Å². The van der Waals surface area contributed by atoms with Crippen LogP contribution in [-0.2, 0) is 20.9 Å². The van der Waals surface area contributed by atoms with Gasteiger partial charge in [-0.15, -0.1) is 0 Å². The van der Waals surface area contributed by atoms with Gasteiger partial charge >= 0.3 is 0 Å². The number of hydroxylamine groups is 2. The molecule has 1 aliphatic heterocycles. The number of hydrogen-bond acceptors (Lipinski definition) is 8. The van der Waals surface area contributed by atoms with Gasteiger partial charge in [-0.05, 0) is 96.2 Å². The van der Waals surface area contributed by atoms with Crippen molar-refractivity contribution in [3.8, 4) is 11.1 Å². The van der Waals surface area contributed by atoms with Crippen molar-refractivity contribution in [2.45, 2.75) is 97.7 Å². The second-order valence-corrected chi connectivity index (χ2v) is 16.4. The molecule has 10 heteroatoms. The molecule has 0 spiro atoms. The van der Waals surface area contributed by atoms with E-state index in [4.69, 9.17) is 9.57 Å². The van der Waals surface area contributed by atoms with Gasteiger partial charge in [0.1, 0.15) is 12.1 Å². The van der Waals surface area contributed by atoms with E-state index in [0.29, 0.717) is 41.3 Å². The third-order valence-electron chi connectivity index (χ3n) is 11.8. The van der Waals surface area contributed by atoms with Gasteiger partial charge in [0.15, 0.2) is 0 Å². The number of methoxy groups -OCH3 is 1. The predicted molar refractivity (Wildman–Crippen MR) is 196 cm³/mol. The number of nitrogens with zero attached hydrogens (tertiary/aromatic N) is 2.